The number of hydrogen-bond donors (Lipinski definition) is 2. The Hall–Kier alpha value is -3.53. The Morgan fingerprint density at radius 2 is 1.77 bits per heavy atom. The van der Waals surface area contributed by atoms with E-state index < -0.39 is 29.8 Å². The first-order chi connectivity index (χ1) is 14.5. The Morgan fingerprint density at radius 1 is 1.13 bits per heavy atom. The van der Waals surface area contributed by atoms with Crippen molar-refractivity contribution >= 4 is 11.7 Å². The van der Waals surface area contributed by atoms with Crippen molar-refractivity contribution in [1.82, 2.24) is 9.55 Å². The highest BCUT2D eigenvalue weighted by Gasteiger charge is 2.34. The number of fused-ring (bicyclic) bond motifs is 3. The summed E-state index contributed by atoms with van der Waals surface area (Å²) in [5.74, 6) is -1.33. The molecule has 6 nitrogen and oxygen atoms in total. The number of carbonyl (C=O) groups is 1. The lowest BCUT2D eigenvalue weighted by molar-refractivity contribution is -0.137. The molecule has 0 saturated carbocycles. The molecule has 4 rings (SSSR count). The lowest BCUT2D eigenvalue weighted by Crippen LogP contribution is -2.13. The zero-order chi connectivity index (χ0) is 22.9. The number of aliphatic hydroxyl groups is 1. The highest BCUT2D eigenvalue weighted by Crippen LogP contribution is 2.36. The van der Waals surface area contributed by atoms with Gasteiger partial charge in [-0.3, -0.25) is 9.36 Å². The van der Waals surface area contributed by atoms with E-state index in [4.69, 9.17) is 9.90 Å². The first kappa shape index (κ1) is 22.2. The number of alkyl halides is 3. The van der Waals surface area contributed by atoms with Crippen molar-refractivity contribution < 1.29 is 32.6 Å². The summed E-state index contributed by atoms with van der Waals surface area (Å²) in [6.45, 7) is 2.79. The molecule has 0 aliphatic carbocycles. The first-order valence-corrected chi connectivity index (χ1v) is 8.97. The van der Waals surface area contributed by atoms with Crippen LogP contribution in [0.1, 0.15) is 41.4 Å². The number of hydrogen-bond acceptors (Lipinski definition) is 4. The van der Waals surface area contributed by atoms with Gasteiger partial charge in [-0.05, 0) is 37.3 Å². The molecule has 2 aromatic carbocycles. The highest BCUT2D eigenvalue weighted by molar-refractivity contribution is 6.15. The van der Waals surface area contributed by atoms with E-state index in [0.717, 1.165) is 19.1 Å². The number of carboxylic acids is 1. The smallest absolute Gasteiger partial charge is 0.416 e. The lowest BCUT2D eigenvalue weighted by atomic mass is 9.97. The molecule has 0 amide bonds. The SMILES string of the molecule is CC(=O)O.Cc1cnc2n1-c1ccc(C(F)(F)F)cc1C(c1ccccc1F)=NC2O. The topological polar surface area (TPSA) is 87.7 Å². The number of aromatic nitrogens is 2. The number of aliphatic carboxylic acids is 1. The summed E-state index contributed by atoms with van der Waals surface area (Å²) < 4.78 is 55.7. The number of halogens is 4. The summed E-state index contributed by atoms with van der Waals surface area (Å²) in [5.41, 5.74) is 0.0588. The van der Waals surface area contributed by atoms with Crippen LogP contribution in [0.3, 0.4) is 0 Å². The van der Waals surface area contributed by atoms with E-state index in [0.29, 0.717) is 11.4 Å². The van der Waals surface area contributed by atoms with E-state index in [1.165, 1.54) is 35.0 Å². The number of aliphatic hydroxyl groups excluding tert-OH is 1. The number of nitrogens with zero attached hydrogens (tertiary/aromatic N) is 3. The van der Waals surface area contributed by atoms with Crippen LogP contribution in [0.2, 0.25) is 0 Å². The summed E-state index contributed by atoms with van der Waals surface area (Å²) >= 11 is 0. The van der Waals surface area contributed by atoms with Gasteiger partial charge in [0.15, 0.2) is 5.82 Å². The van der Waals surface area contributed by atoms with E-state index in [1.54, 1.807) is 13.0 Å². The first-order valence-electron chi connectivity index (χ1n) is 8.97. The van der Waals surface area contributed by atoms with Crippen LogP contribution in [0.15, 0.2) is 53.7 Å². The van der Waals surface area contributed by atoms with Crippen molar-refractivity contribution in [3.8, 4) is 5.69 Å². The van der Waals surface area contributed by atoms with Crippen molar-refractivity contribution in [2.75, 3.05) is 0 Å². The third kappa shape index (κ3) is 4.48. The van der Waals surface area contributed by atoms with Gasteiger partial charge in [-0.25, -0.2) is 14.4 Å². The van der Waals surface area contributed by atoms with Gasteiger partial charge < -0.3 is 10.2 Å². The second-order valence-electron chi connectivity index (χ2n) is 6.67. The molecule has 0 bridgehead atoms. The molecule has 10 heteroatoms. The second-order valence-corrected chi connectivity index (χ2v) is 6.67. The van der Waals surface area contributed by atoms with Gasteiger partial charge in [-0.1, -0.05) is 12.1 Å². The summed E-state index contributed by atoms with van der Waals surface area (Å²) in [6, 6.07) is 8.76. The molecule has 2 heterocycles. The Labute approximate surface area is 174 Å². The minimum atomic E-state index is -4.58. The van der Waals surface area contributed by atoms with E-state index in [9.17, 15) is 22.7 Å². The molecule has 0 saturated heterocycles. The largest absolute Gasteiger partial charge is 0.481 e. The van der Waals surface area contributed by atoms with Crippen LogP contribution in [0.25, 0.3) is 5.69 Å². The van der Waals surface area contributed by atoms with Gasteiger partial charge in [0.2, 0.25) is 6.23 Å². The minimum absolute atomic E-state index is 0.000491. The maximum atomic E-state index is 14.4. The molecule has 162 valence electrons. The van der Waals surface area contributed by atoms with Gasteiger partial charge in [-0.2, -0.15) is 13.2 Å². The quantitative estimate of drug-likeness (QED) is 0.559. The van der Waals surface area contributed by atoms with Crippen molar-refractivity contribution in [1.29, 1.82) is 0 Å². The minimum Gasteiger partial charge on any atom is -0.481 e. The number of aliphatic imine (C=N–C) groups is 1. The van der Waals surface area contributed by atoms with Gasteiger partial charge in [0, 0.05) is 29.9 Å². The summed E-state index contributed by atoms with van der Waals surface area (Å²) in [7, 11) is 0. The van der Waals surface area contributed by atoms with Crippen LogP contribution in [0, 0.1) is 12.7 Å². The number of rotatable bonds is 1. The molecule has 1 aliphatic heterocycles. The van der Waals surface area contributed by atoms with Crippen LogP contribution in [-0.2, 0) is 11.0 Å². The van der Waals surface area contributed by atoms with Crippen LogP contribution in [-0.4, -0.2) is 31.4 Å². The van der Waals surface area contributed by atoms with E-state index in [-0.39, 0.29) is 22.7 Å². The normalized spacial score (nSPS) is 15.1. The maximum Gasteiger partial charge on any atom is 0.416 e. The molecular formula is C21H17F4N3O3. The van der Waals surface area contributed by atoms with E-state index >= 15 is 0 Å². The molecule has 0 radical (unpaired) electrons. The van der Waals surface area contributed by atoms with Crippen LogP contribution in [0.5, 0.6) is 0 Å². The summed E-state index contributed by atoms with van der Waals surface area (Å²) in [4.78, 5) is 17.2. The van der Waals surface area contributed by atoms with Crippen molar-refractivity contribution in [2.24, 2.45) is 4.99 Å². The second kappa shape index (κ2) is 8.31. The highest BCUT2D eigenvalue weighted by atomic mass is 19.4. The Kier molecular flexibility index (Phi) is 5.94. The van der Waals surface area contributed by atoms with Crippen LogP contribution < -0.4 is 0 Å². The molecule has 0 spiro atoms. The molecule has 2 N–H and O–H groups in total. The third-order valence-corrected chi connectivity index (χ3v) is 4.40. The number of benzene rings is 2. The monoisotopic (exact) mass is 435 g/mol. The van der Waals surface area contributed by atoms with Crippen molar-refractivity contribution in [3.63, 3.8) is 0 Å². The maximum absolute atomic E-state index is 14.4. The fraction of sp³-hybridized carbons (Fsp3) is 0.190. The van der Waals surface area contributed by atoms with Gasteiger partial charge in [0.05, 0.1) is 17.0 Å². The molecule has 1 aliphatic rings. The molecule has 1 atom stereocenters. The zero-order valence-electron chi connectivity index (χ0n) is 16.4. The predicted molar refractivity (Wildman–Crippen MR) is 104 cm³/mol. The van der Waals surface area contributed by atoms with E-state index in [2.05, 4.69) is 9.98 Å². The Balaban J connectivity index is 0.000000628. The van der Waals surface area contributed by atoms with Crippen molar-refractivity contribution in [3.05, 3.63) is 82.7 Å². The fourth-order valence-electron chi connectivity index (χ4n) is 3.17. The van der Waals surface area contributed by atoms with Crippen LogP contribution >= 0.6 is 0 Å². The van der Waals surface area contributed by atoms with E-state index in [1.807, 2.05) is 0 Å². The molecule has 3 aromatic rings. The van der Waals surface area contributed by atoms with Gasteiger partial charge in [0.25, 0.3) is 5.97 Å². The number of aryl methyl sites for hydroxylation is 1. The summed E-state index contributed by atoms with van der Waals surface area (Å²) in [5, 5.41) is 17.9. The fourth-order valence-corrected chi connectivity index (χ4v) is 3.17. The average molecular weight is 435 g/mol. The Morgan fingerprint density at radius 3 is 2.39 bits per heavy atom. The molecule has 1 aromatic heterocycles. The van der Waals surface area contributed by atoms with Gasteiger partial charge in [0.1, 0.15) is 5.82 Å². The summed E-state index contributed by atoms with van der Waals surface area (Å²) in [6.07, 6.45) is -4.54. The molecule has 0 fully saturated rings. The Bertz CT molecular complexity index is 1160. The zero-order valence-corrected chi connectivity index (χ0v) is 16.4. The number of carboxylic acid groups (broad SMARTS) is 1. The van der Waals surface area contributed by atoms with Crippen LogP contribution in [0.4, 0.5) is 17.6 Å². The molecule has 1 unspecified atom stereocenters. The van der Waals surface area contributed by atoms with Gasteiger partial charge >= 0.3 is 6.18 Å². The average Bonchev–Trinajstić information content (AvgIpc) is 3.01. The lowest BCUT2D eigenvalue weighted by Gasteiger charge is -2.16. The standard InChI is InChI=1S/C19H13F4N3O.C2H4O2/c1-10-9-24-17-18(27)25-16(12-4-2-3-5-14(12)20)13-8-11(19(21,22)23)6-7-15(13)26(10)17;1-2(3)4/h2-9,18,27H,1H3;1H3,(H,3,4). The predicted octanol–water partition coefficient (Wildman–Crippen LogP) is 4.27. The van der Waals surface area contributed by atoms with Gasteiger partial charge in [-0.15, -0.1) is 0 Å². The number of imidazole rings is 1. The van der Waals surface area contributed by atoms with Crippen molar-refractivity contribution in [2.45, 2.75) is 26.3 Å². The molecule has 31 heavy (non-hydrogen) atoms. The molecular weight excluding hydrogens is 418 g/mol. The third-order valence-electron chi connectivity index (χ3n) is 4.40.